The van der Waals surface area contributed by atoms with Gasteiger partial charge in [0.05, 0.1) is 5.69 Å². The van der Waals surface area contributed by atoms with Crippen LogP contribution in [0.3, 0.4) is 0 Å². The molecular weight excluding hydrogens is 294 g/mol. The first-order chi connectivity index (χ1) is 10.6. The van der Waals surface area contributed by atoms with Crippen molar-refractivity contribution in [2.24, 2.45) is 0 Å². The molecule has 1 aromatic carbocycles. The van der Waals surface area contributed by atoms with E-state index in [4.69, 9.17) is 5.73 Å². The highest BCUT2D eigenvalue weighted by Crippen LogP contribution is 2.24. The summed E-state index contributed by atoms with van der Waals surface area (Å²) in [7, 11) is 0. The minimum Gasteiger partial charge on any atom is -0.507 e. The van der Waals surface area contributed by atoms with Crippen LogP contribution in [-0.2, 0) is 12.8 Å². The Bertz CT molecular complexity index is 668. The third-order valence-corrected chi connectivity index (χ3v) is 4.95. The Balaban J connectivity index is 1.59. The number of hydrogen-bond donors (Lipinski definition) is 2. The Morgan fingerprint density at radius 3 is 3.05 bits per heavy atom. The first kappa shape index (κ1) is 15.1. The zero-order valence-corrected chi connectivity index (χ0v) is 13.6. The number of rotatable bonds is 3. The molecule has 3 N–H and O–H groups in total. The van der Waals surface area contributed by atoms with Gasteiger partial charge in [0.25, 0.3) is 0 Å². The van der Waals surface area contributed by atoms with Crippen molar-refractivity contribution >= 4 is 22.5 Å². The summed E-state index contributed by atoms with van der Waals surface area (Å²) >= 11 is 1.62. The van der Waals surface area contributed by atoms with Crippen LogP contribution in [0.15, 0.2) is 24.3 Å². The van der Waals surface area contributed by atoms with Crippen molar-refractivity contribution in [2.45, 2.75) is 19.8 Å². The predicted octanol–water partition coefficient (Wildman–Crippen LogP) is 2.85. The summed E-state index contributed by atoms with van der Waals surface area (Å²) in [5.41, 5.74) is 8.98. The van der Waals surface area contributed by atoms with E-state index >= 15 is 0 Å². The minimum absolute atomic E-state index is 0.333. The van der Waals surface area contributed by atoms with E-state index in [0.29, 0.717) is 10.9 Å². The van der Waals surface area contributed by atoms with Gasteiger partial charge in [-0.25, -0.2) is 4.98 Å². The number of phenolic OH excluding ortho intramolecular Hbond substituents is 1. The maximum Gasteiger partial charge on any atom is 0.180 e. The second-order valence-corrected chi connectivity index (χ2v) is 6.80. The second-order valence-electron chi connectivity index (χ2n) is 5.69. The molecule has 0 spiro atoms. The highest BCUT2D eigenvalue weighted by molar-refractivity contribution is 7.15. The first-order valence-corrected chi connectivity index (χ1v) is 8.36. The number of nitrogen functional groups attached to an aromatic ring is 1. The van der Waals surface area contributed by atoms with E-state index in [1.807, 2.05) is 25.1 Å². The zero-order valence-electron chi connectivity index (χ0n) is 12.7. The molecule has 116 valence electrons. The van der Waals surface area contributed by atoms with Crippen molar-refractivity contribution in [3.05, 3.63) is 46.0 Å². The van der Waals surface area contributed by atoms with Crippen molar-refractivity contribution in [3.8, 4) is 5.75 Å². The number of nitrogens with two attached hydrogens (primary N) is 1. The third-order valence-electron chi connectivity index (χ3n) is 3.96. The molecule has 0 saturated heterocycles. The Kier molecular flexibility index (Phi) is 4.45. The number of aromatic hydroxyl groups is 1. The van der Waals surface area contributed by atoms with Crippen LogP contribution >= 0.6 is 11.3 Å². The number of thiazole rings is 1. The summed E-state index contributed by atoms with van der Waals surface area (Å²) in [5.74, 6) is 0.333. The van der Waals surface area contributed by atoms with Gasteiger partial charge in [-0.05, 0) is 25.5 Å². The molecule has 1 aromatic heterocycles. The Labute approximate surface area is 134 Å². The van der Waals surface area contributed by atoms with Crippen LogP contribution in [-0.4, -0.2) is 34.6 Å². The molecule has 22 heavy (non-hydrogen) atoms. The van der Waals surface area contributed by atoms with Gasteiger partial charge in [-0.15, -0.1) is 11.3 Å². The lowest BCUT2D eigenvalue weighted by molar-refractivity contribution is 0.318. The SMILES string of the molecule is Cc1ccc(O)c(C=CCN2CCc3nc(N)sc3CC2)c1. The van der Waals surface area contributed by atoms with Gasteiger partial charge in [0.2, 0.25) is 0 Å². The van der Waals surface area contributed by atoms with E-state index in [1.165, 1.54) is 10.6 Å². The highest BCUT2D eigenvalue weighted by atomic mass is 32.1. The molecule has 3 rings (SSSR count). The Morgan fingerprint density at radius 1 is 1.36 bits per heavy atom. The van der Waals surface area contributed by atoms with E-state index in [0.717, 1.165) is 43.6 Å². The molecule has 2 heterocycles. The van der Waals surface area contributed by atoms with Crippen LogP contribution in [0.1, 0.15) is 21.7 Å². The van der Waals surface area contributed by atoms with Gasteiger partial charge in [-0.3, -0.25) is 4.90 Å². The van der Waals surface area contributed by atoms with Crippen molar-refractivity contribution in [2.75, 3.05) is 25.4 Å². The topological polar surface area (TPSA) is 62.4 Å². The van der Waals surface area contributed by atoms with Gasteiger partial charge in [0.1, 0.15) is 5.75 Å². The van der Waals surface area contributed by atoms with Gasteiger partial charge >= 0.3 is 0 Å². The molecule has 2 aromatic rings. The average molecular weight is 315 g/mol. The van der Waals surface area contributed by atoms with Crippen LogP contribution in [0.25, 0.3) is 6.08 Å². The summed E-state index contributed by atoms with van der Waals surface area (Å²) in [4.78, 5) is 8.16. The maximum atomic E-state index is 9.85. The number of nitrogens with zero attached hydrogens (tertiary/aromatic N) is 2. The number of aryl methyl sites for hydroxylation is 1. The fraction of sp³-hybridized carbons (Fsp3) is 0.353. The van der Waals surface area contributed by atoms with Crippen LogP contribution < -0.4 is 5.73 Å². The Morgan fingerprint density at radius 2 is 2.18 bits per heavy atom. The number of benzene rings is 1. The van der Waals surface area contributed by atoms with E-state index in [9.17, 15) is 5.11 Å². The van der Waals surface area contributed by atoms with Gasteiger partial charge in [0.15, 0.2) is 5.13 Å². The molecule has 0 saturated carbocycles. The highest BCUT2D eigenvalue weighted by Gasteiger charge is 2.16. The summed E-state index contributed by atoms with van der Waals surface area (Å²) < 4.78 is 0. The molecule has 0 atom stereocenters. The van der Waals surface area contributed by atoms with Crippen LogP contribution in [0, 0.1) is 6.92 Å². The van der Waals surface area contributed by atoms with Gasteiger partial charge in [0, 0.05) is 36.5 Å². The summed E-state index contributed by atoms with van der Waals surface area (Å²) in [6.45, 7) is 4.94. The van der Waals surface area contributed by atoms with E-state index in [1.54, 1.807) is 17.4 Å². The molecule has 0 radical (unpaired) electrons. The molecule has 0 bridgehead atoms. The van der Waals surface area contributed by atoms with Crippen LogP contribution in [0.2, 0.25) is 0 Å². The predicted molar refractivity (Wildman–Crippen MR) is 92.3 cm³/mol. The summed E-state index contributed by atoms with van der Waals surface area (Å²) in [6.07, 6.45) is 6.11. The minimum atomic E-state index is 0.333. The second kappa shape index (κ2) is 6.50. The fourth-order valence-electron chi connectivity index (χ4n) is 2.75. The molecule has 0 fully saturated rings. The van der Waals surface area contributed by atoms with E-state index in [-0.39, 0.29) is 0 Å². The summed E-state index contributed by atoms with van der Waals surface area (Å²) in [5, 5.41) is 10.5. The normalized spacial score (nSPS) is 15.9. The lowest BCUT2D eigenvalue weighted by Crippen LogP contribution is -2.26. The largest absolute Gasteiger partial charge is 0.507 e. The molecule has 0 unspecified atom stereocenters. The first-order valence-electron chi connectivity index (χ1n) is 7.54. The molecule has 0 amide bonds. The molecule has 5 heteroatoms. The van der Waals surface area contributed by atoms with Crippen molar-refractivity contribution in [1.29, 1.82) is 0 Å². The fourth-order valence-corrected chi connectivity index (χ4v) is 3.62. The van der Waals surface area contributed by atoms with E-state index < -0.39 is 0 Å². The van der Waals surface area contributed by atoms with Gasteiger partial charge in [-0.2, -0.15) is 0 Å². The number of phenols is 1. The molecule has 1 aliphatic heterocycles. The number of hydrogen-bond acceptors (Lipinski definition) is 5. The average Bonchev–Trinajstić information content (AvgIpc) is 2.75. The molecule has 4 nitrogen and oxygen atoms in total. The smallest absolute Gasteiger partial charge is 0.180 e. The molecule has 0 aliphatic carbocycles. The molecular formula is C17H21N3OS. The lowest BCUT2D eigenvalue weighted by atomic mass is 10.1. The number of fused-ring (bicyclic) bond motifs is 1. The van der Waals surface area contributed by atoms with Crippen molar-refractivity contribution < 1.29 is 5.11 Å². The van der Waals surface area contributed by atoms with E-state index in [2.05, 4.69) is 16.0 Å². The van der Waals surface area contributed by atoms with Gasteiger partial charge in [-0.1, -0.05) is 23.8 Å². The number of anilines is 1. The monoisotopic (exact) mass is 315 g/mol. The van der Waals surface area contributed by atoms with Crippen molar-refractivity contribution in [3.63, 3.8) is 0 Å². The third kappa shape index (κ3) is 3.48. The number of aromatic nitrogens is 1. The molecule has 1 aliphatic rings. The van der Waals surface area contributed by atoms with Crippen LogP contribution in [0.5, 0.6) is 5.75 Å². The Hall–Kier alpha value is -1.85. The summed E-state index contributed by atoms with van der Waals surface area (Å²) in [6, 6.07) is 5.66. The van der Waals surface area contributed by atoms with Crippen molar-refractivity contribution in [1.82, 2.24) is 9.88 Å². The standard InChI is InChI=1S/C17H21N3OS/c1-12-4-5-15(21)13(11-12)3-2-8-20-9-6-14-16(7-10-20)22-17(18)19-14/h2-5,11,21H,6-10H2,1H3,(H2,18,19). The zero-order chi connectivity index (χ0) is 15.5. The van der Waals surface area contributed by atoms with Crippen LogP contribution in [0.4, 0.5) is 5.13 Å². The van der Waals surface area contributed by atoms with Gasteiger partial charge < -0.3 is 10.8 Å². The maximum absolute atomic E-state index is 9.85. The quantitative estimate of drug-likeness (QED) is 0.914. The lowest BCUT2D eigenvalue weighted by Gasteiger charge is -2.17.